The molecule has 1 aliphatic heterocycles. The summed E-state index contributed by atoms with van der Waals surface area (Å²) in [5, 5.41) is 2.20. The van der Waals surface area contributed by atoms with Gasteiger partial charge in [0.1, 0.15) is 24.5 Å². The Labute approximate surface area is 233 Å². The van der Waals surface area contributed by atoms with Gasteiger partial charge in [0.25, 0.3) is 11.8 Å². The smallest absolute Gasteiger partial charge is 0.335 e. The zero-order valence-electron chi connectivity index (χ0n) is 21.4. The summed E-state index contributed by atoms with van der Waals surface area (Å²) in [7, 11) is 4.54. The van der Waals surface area contributed by atoms with E-state index in [-0.39, 0.29) is 24.5 Å². The lowest BCUT2D eigenvalue weighted by atomic mass is 10.1. The molecule has 202 valence electrons. The molecule has 0 aliphatic carbocycles. The molecule has 10 nitrogen and oxygen atoms in total. The van der Waals surface area contributed by atoms with Gasteiger partial charge in [0, 0.05) is 0 Å². The average molecular weight is 597 g/mol. The van der Waals surface area contributed by atoms with Crippen molar-refractivity contribution in [3.05, 3.63) is 76.3 Å². The number of carbonyl (C=O) groups is 3. The fourth-order valence-corrected chi connectivity index (χ4v) is 4.36. The van der Waals surface area contributed by atoms with Crippen molar-refractivity contribution in [1.82, 2.24) is 5.32 Å². The molecule has 4 amide bonds. The molecule has 4 rings (SSSR count). The molecule has 1 aliphatic rings. The Kier molecular flexibility index (Phi) is 8.72. The molecule has 1 fully saturated rings. The second-order valence-corrected chi connectivity index (χ2v) is 8.89. The standard InChI is InChI=1S/C28H25BrN2O8/c1-35-19-10-8-18(9-11-19)31-27(33)20(26(32)30-28(31)34)14-17-15-21(29)25(24(16-17)37-3)39-13-12-38-23-7-5-4-6-22(23)36-2/h4-11,14-16H,12-13H2,1-3H3,(H,30,32,34). The van der Waals surface area contributed by atoms with Gasteiger partial charge in [-0.15, -0.1) is 0 Å². The molecule has 1 N–H and O–H groups in total. The van der Waals surface area contributed by atoms with Crippen molar-refractivity contribution in [2.75, 3.05) is 39.4 Å². The lowest BCUT2D eigenvalue weighted by Crippen LogP contribution is -2.54. The summed E-state index contributed by atoms with van der Waals surface area (Å²) in [6.07, 6.45) is 1.38. The van der Waals surface area contributed by atoms with Crippen LogP contribution in [0, 0.1) is 0 Å². The third-order valence-electron chi connectivity index (χ3n) is 5.65. The van der Waals surface area contributed by atoms with Gasteiger partial charge in [0.05, 0.1) is 31.5 Å². The van der Waals surface area contributed by atoms with Gasteiger partial charge in [-0.3, -0.25) is 14.9 Å². The third-order valence-corrected chi connectivity index (χ3v) is 6.24. The Bertz CT molecular complexity index is 1420. The van der Waals surface area contributed by atoms with Crippen molar-refractivity contribution in [2.24, 2.45) is 0 Å². The molecule has 0 radical (unpaired) electrons. The average Bonchev–Trinajstić information content (AvgIpc) is 2.94. The summed E-state index contributed by atoms with van der Waals surface area (Å²) in [6, 6.07) is 16.0. The first-order valence-electron chi connectivity index (χ1n) is 11.7. The number of barbiturate groups is 1. The number of amides is 4. The lowest BCUT2D eigenvalue weighted by molar-refractivity contribution is -0.122. The highest BCUT2D eigenvalue weighted by Crippen LogP contribution is 2.37. The Morgan fingerprint density at radius 3 is 2.15 bits per heavy atom. The Morgan fingerprint density at radius 1 is 0.821 bits per heavy atom. The normalized spacial score (nSPS) is 14.2. The van der Waals surface area contributed by atoms with Crippen LogP contribution in [-0.4, -0.2) is 52.4 Å². The van der Waals surface area contributed by atoms with E-state index in [0.717, 1.165) is 4.90 Å². The largest absolute Gasteiger partial charge is 0.497 e. The number of methoxy groups -OCH3 is 3. The van der Waals surface area contributed by atoms with E-state index in [2.05, 4.69) is 21.2 Å². The van der Waals surface area contributed by atoms with Gasteiger partial charge in [-0.2, -0.15) is 0 Å². The van der Waals surface area contributed by atoms with Crippen molar-refractivity contribution in [3.63, 3.8) is 0 Å². The maximum Gasteiger partial charge on any atom is 0.335 e. The Balaban J connectivity index is 1.52. The van der Waals surface area contributed by atoms with Gasteiger partial charge in [-0.1, -0.05) is 12.1 Å². The molecule has 3 aromatic carbocycles. The van der Waals surface area contributed by atoms with Crippen LogP contribution >= 0.6 is 15.9 Å². The number of nitrogens with one attached hydrogen (secondary N) is 1. The number of rotatable bonds is 10. The van der Waals surface area contributed by atoms with Crippen LogP contribution in [0.15, 0.2) is 70.7 Å². The zero-order valence-corrected chi connectivity index (χ0v) is 22.9. The summed E-state index contributed by atoms with van der Waals surface area (Å²) < 4.78 is 28.0. The first kappa shape index (κ1) is 27.5. The Hall–Kier alpha value is -4.51. The van der Waals surface area contributed by atoms with Crippen LogP contribution < -0.4 is 33.9 Å². The van der Waals surface area contributed by atoms with E-state index in [1.807, 2.05) is 12.1 Å². The number of benzene rings is 3. The number of urea groups is 1. The van der Waals surface area contributed by atoms with Crippen molar-refractivity contribution >= 4 is 45.5 Å². The third kappa shape index (κ3) is 6.15. The second kappa shape index (κ2) is 12.4. The van der Waals surface area contributed by atoms with Crippen LogP contribution in [-0.2, 0) is 9.59 Å². The summed E-state index contributed by atoms with van der Waals surface area (Å²) in [6.45, 7) is 0.443. The summed E-state index contributed by atoms with van der Waals surface area (Å²) >= 11 is 3.47. The summed E-state index contributed by atoms with van der Waals surface area (Å²) in [4.78, 5) is 39.1. The topological polar surface area (TPSA) is 113 Å². The summed E-state index contributed by atoms with van der Waals surface area (Å²) in [5.41, 5.74) is 0.534. The number of hydrogen-bond donors (Lipinski definition) is 1. The maximum atomic E-state index is 13.2. The number of nitrogens with zero attached hydrogens (tertiary/aromatic N) is 1. The van der Waals surface area contributed by atoms with E-state index in [9.17, 15) is 14.4 Å². The fraction of sp³-hybridized carbons (Fsp3) is 0.179. The van der Waals surface area contributed by atoms with Gasteiger partial charge < -0.3 is 23.7 Å². The SMILES string of the molecule is COc1ccc(N2C(=O)NC(=O)C(=Cc3cc(Br)c(OCCOc4ccccc4OC)c(OC)c3)C2=O)cc1. The highest BCUT2D eigenvalue weighted by Gasteiger charge is 2.37. The van der Waals surface area contributed by atoms with Crippen LogP contribution in [0.25, 0.3) is 6.08 Å². The van der Waals surface area contributed by atoms with Gasteiger partial charge >= 0.3 is 6.03 Å². The van der Waals surface area contributed by atoms with Gasteiger partial charge in [0.2, 0.25) is 0 Å². The number of ether oxygens (including phenoxy) is 5. The molecule has 0 bridgehead atoms. The number of hydrogen-bond acceptors (Lipinski definition) is 8. The predicted molar refractivity (Wildman–Crippen MR) is 147 cm³/mol. The van der Waals surface area contributed by atoms with E-state index in [0.29, 0.717) is 38.8 Å². The van der Waals surface area contributed by atoms with Crippen LogP contribution in [0.4, 0.5) is 10.5 Å². The molecule has 0 saturated carbocycles. The van der Waals surface area contributed by atoms with E-state index in [1.165, 1.54) is 20.3 Å². The fourth-order valence-electron chi connectivity index (χ4n) is 3.79. The molecule has 11 heteroatoms. The number of halogens is 1. The predicted octanol–water partition coefficient (Wildman–Crippen LogP) is 4.60. The maximum absolute atomic E-state index is 13.2. The molecular weight excluding hydrogens is 572 g/mol. The molecule has 3 aromatic rings. The molecule has 0 spiro atoms. The van der Waals surface area contributed by atoms with Crippen LogP contribution in [0.5, 0.6) is 28.7 Å². The second-order valence-electron chi connectivity index (χ2n) is 8.04. The van der Waals surface area contributed by atoms with Crippen molar-refractivity contribution in [1.29, 1.82) is 0 Å². The minimum absolute atomic E-state index is 0.202. The van der Waals surface area contributed by atoms with E-state index in [4.69, 9.17) is 23.7 Å². The monoisotopic (exact) mass is 596 g/mol. The minimum atomic E-state index is -0.842. The van der Waals surface area contributed by atoms with Gasteiger partial charge in [0.15, 0.2) is 23.0 Å². The number of imide groups is 2. The molecule has 39 heavy (non-hydrogen) atoms. The minimum Gasteiger partial charge on any atom is -0.497 e. The van der Waals surface area contributed by atoms with Crippen molar-refractivity contribution in [3.8, 4) is 28.7 Å². The van der Waals surface area contributed by atoms with Gasteiger partial charge in [-0.25, -0.2) is 9.69 Å². The molecule has 1 saturated heterocycles. The zero-order chi connectivity index (χ0) is 27.9. The molecule has 0 unspecified atom stereocenters. The number of anilines is 1. The number of para-hydroxylation sites is 2. The highest BCUT2D eigenvalue weighted by atomic mass is 79.9. The molecule has 0 aromatic heterocycles. The van der Waals surface area contributed by atoms with E-state index in [1.54, 1.807) is 55.6 Å². The number of carbonyl (C=O) groups excluding carboxylic acids is 3. The summed E-state index contributed by atoms with van der Waals surface area (Å²) in [5.74, 6) is 0.965. The first-order chi connectivity index (χ1) is 18.9. The van der Waals surface area contributed by atoms with E-state index < -0.39 is 17.8 Å². The Morgan fingerprint density at radius 2 is 1.49 bits per heavy atom. The molecular formula is C28H25BrN2O8. The van der Waals surface area contributed by atoms with Crippen molar-refractivity contribution in [2.45, 2.75) is 0 Å². The van der Waals surface area contributed by atoms with Gasteiger partial charge in [-0.05, 0) is 76.1 Å². The molecule has 0 atom stereocenters. The van der Waals surface area contributed by atoms with Crippen LogP contribution in [0.2, 0.25) is 0 Å². The lowest BCUT2D eigenvalue weighted by Gasteiger charge is -2.26. The van der Waals surface area contributed by atoms with Crippen LogP contribution in [0.3, 0.4) is 0 Å². The van der Waals surface area contributed by atoms with Crippen LogP contribution in [0.1, 0.15) is 5.56 Å². The quantitative estimate of drug-likeness (QED) is 0.205. The molecule has 1 heterocycles. The van der Waals surface area contributed by atoms with E-state index >= 15 is 0 Å². The highest BCUT2D eigenvalue weighted by molar-refractivity contribution is 9.10. The first-order valence-corrected chi connectivity index (χ1v) is 12.5. The van der Waals surface area contributed by atoms with Crippen molar-refractivity contribution < 1.29 is 38.1 Å².